The number of sulfonamides is 2. The Labute approximate surface area is 185 Å². The van der Waals surface area contributed by atoms with Crippen molar-refractivity contribution in [3.05, 3.63) is 24.3 Å². The van der Waals surface area contributed by atoms with Gasteiger partial charge in [-0.2, -0.15) is 8.61 Å². The quantitative estimate of drug-likeness (QED) is 0.587. The first-order valence-corrected chi connectivity index (χ1v) is 13.8. The number of hydrogen-bond acceptors (Lipinski definition) is 6. The van der Waals surface area contributed by atoms with Crippen LogP contribution in [0.15, 0.2) is 29.2 Å². The Bertz CT molecular complexity index is 952. The van der Waals surface area contributed by atoms with E-state index in [4.69, 9.17) is 0 Å². The predicted molar refractivity (Wildman–Crippen MR) is 120 cm³/mol. The molecule has 2 N–H and O–H groups in total. The first kappa shape index (κ1) is 24.1. The molecule has 0 spiro atoms. The third-order valence-corrected chi connectivity index (χ3v) is 9.62. The number of nitrogens with zero attached hydrogens (tertiary/aromatic N) is 2. The van der Waals surface area contributed by atoms with Gasteiger partial charge in [0.05, 0.1) is 10.6 Å². The van der Waals surface area contributed by atoms with Crippen LogP contribution in [0.25, 0.3) is 0 Å². The van der Waals surface area contributed by atoms with Crippen molar-refractivity contribution in [2.24, 2.45) is 0 Å². The molecule has 31 heavy (non-hydrogen) atoms. The number of hydrogen-bond donors (Lipinski definition) is 2. The summed E-state index contributed by atoms with van der Waals surface area (Å²) >= 11 is 0. The summed E-state index contributed by atoms with van der Waals surface area (Å²) in [7, 11) is -7.41. The lowest BCUT2D eigenvalue weighted by Crippen LogP contribution is -2.49. The van der Waals surface area contributed by atoms with Crippen LogP contribution in [0.5, 0.6) is 0 Å². The Balaban J connectivity index is 1.81. The van der Waals surface area contributed by atoms with E-state index in [9.17, 15) is 21.6 Å². The van der Waals surface area contributed by atoms with Crippen molar-refractivity contribution in [1.29, 1.82) is 0 Å². The van der Waals surface area contributed by atoms with Crippen LogP contribution in [0.2, 0.25) is 0 Å². The van der Waals surface area contributed by atoms with Gasteiger partial charge >= 0.3 is 0 Å². The number of amides is 1. The van der Waals surface area contributed by atoms with Gasteiger partial charge in [0.1, 0.15) is 0 Å². The number of piperazine rings is 1. The number of anilines is 1. The van der Waals surface area contributed by atoms with E-state index in [0.717, 1.165) is 32.1 Å². The molecule has 0 aromatic heterocycles. The van der Waals surface area contributed by atoms with E-state index < -0.39 is 20.0 Å². The topological polar surface area (TPSA) is 116 Å². The van der Waals surface area contributed by atoms with Crippen LogP contribution in [-0.2, 0) is 24.8 Å². The minimum absolute atomic E-state index is 0.0628. The van der Waals surface area contributed by atoms with Crippen molar-refractivity contribution in [3.63, 3.8) is 0 Å². The Morgan fingerprint density at radius 3 is 2.26 bits per heavy atom. The van der Waals surface area contributed by atoms with E-state index in [1.807, 2.05) is 0 Å². The molecule has 1 amide bonds. The third-order valence-electron chi connectivity index (χ3n) is 5.80. The van der Waals surface area contributed by atoms with Gasteiger partial charge in [-0.15, -0.1) is 0 Å². The molecule has 1 aliphatic heterocycles. The van der Waals surface area contributed by atoms with Crippen LogP contribution in [0.1, 0.15) is 39.0 Å². The number of rotatable bonds is 8. The second-order valence-electron chi connectivity index (χ2n) is 8.08. The molecule has 0 radical (unpaired) electrons. The molecule has 1 heterocycles. The highest BCUT2D eigenvalue weighted by Gasteiger charge is 2.34. The van der Waals surface area contributed by atoms with Crippen LogP contribution >= 0.6 is 0 Å². The molecular formula is C20H32N4O5S2. The van der Waals surface area contributed by atoms with Crippen molar-refractivity contribution >= 4 is 31.6 Å². The molecule has 1 aromatic rings. The van der Waals surface area contributed by atoms with Crippen LogP contribution in [0.4, 0.5) is 5.69 Å². The van der Waals surface area contributed by atoms with Crippen molar-refractivity contribution in [2.45, 2.75) is 50.0 Å². The number of carbonyl (C=O) groups is 1. The first-order valence-electron chi connectivity index (χ1n) is 10.8. The van der Waals surface area contributed by atoms with E-state index in [-0.39, 0.29) is 29.1 Å². The molecule has 0 unspecified atom stereocenters. The number of nitrogens with one attached hydrogen (secondary N) is 2. The van der Waals surface area contributed by atoms with E-state index in [2.05, 4.69) is 10.6 Å². The van der Waals surface area contributed by atoms with Crippen LogP contribution < -0.4 is 10.6 Å². The van der Waals surface area contributed by atoms with Crippen molar-refractivity contribution in [2.75, 3.05) is 43.8 Å². The van der Waals surface area contributed by atoms with Gasteiger partial charge in [-0.1, -0.05) is 19.3 Å². The standard InChI is InChI=1S/C20H32N4O5S2/c1-17(25)22-18-7-9-20(10-8-18)31(28,29)24(19-5-3-2-4-6-19)15-16-30(26,27)23-13-11-21-12-14-23/h7-10,19,21H,2-6,11-16H2,1H3,(H,22,25). The van der Waals surface area contributed by atoms with E-state index in [1.165, 1.54) is 27.7 Å². The highest BCUT2D eigenvalue weighted by molar-refractivity contribution is 7.90. The second kappa shape index (κ2) is 10.4. The highest BCUT2D eigenvalue weighted by atomic mass is 32.2. The van der Waals surface area contributed by atoms with Gasteiger partial charge < -0.3 is 10.6 Å². The zero-order valence-corrected chi connectivity index (χ0v) is 19.6. The van der Waals surface area contributed by atoms with E-state index in [0.29, 0.717) is 31.9 Å². The van der Waals surface area contributed by atoms with E-state index in [1.54, 1.807) is 12.1 Å². The summed E-state index contributed by atoms with van der Waals surface area (Å²) in [6.45, 7) is 3.34. The molecule has 1 aromatic carbocycles. The number of carbonyl (C=O) groups excluding carboxylic acids is 1. The molecule has 11 heteroatoms. The molecule has 0 bridgehead atoms. The maximum absolute atomic E-state index is 13.5. The van der Waals surface area contributed by atoms with Crippen LogP contribution in [0, 0.1) is 0 Å². The van der Waals surface area contributed by atoms with Gasteiger partial charge in [-0.3, -0.25) is 4.79 Å². The lowest BCUT2D eigenvalue weighted by Gasteiger charge is -2.34. The van der Waals surface area contributed by atoms with Gasteiger partial charge in [0, 0.05) is 51.4 Å². The van der Waals surface area contributed by atoms with Gasteiger partial charge in [-0.25, -0.2) is 16.8 Å². The molecule has 9 nitrogen and oxygen atoms in total. The monoisotopic (exact) mass is 472 g/mol. The molecule has 1 aliphatic carbocycles. The third kappa shape index (κ3) is 6.26. The van der Waals surface area contributed by atoms with Crippen molar-refractivity contribution < 1.29 is 21.6 Å². The minimum atomic E-state index is -3.87. The van der Waals surface area contributed by atoms with Gasteiger partial charge in [0.2, 0.25) is 26.0 Å². The van der Waals surface area contributed by atoms with Crippen LogP contribution in [0.3, 0.4) is 0 Å². The summed E-state index contributed by atoms with van der Waals surface area (Å²) in [6, 6.07) is 5.81. The average molecular weight is 473 g/mol. The van der Waals surface area contributed by atoms with Gasteiger partial charge in [0.25, 0.3) is 0 Å². The molecule has 174 valence electrons. The molecule has 1 saturated heterocycles. The fourth-order valence-electron chi connectivity index (χ4n) is 4.17. The van der Waals surface area contributed by atoms with Crippen molar-refractivity contribution in [3.8, 4) is 0 Å². The fraction of sp³-hybridized carbons (Fsp3) is 0.650. The number of benzene rings is 1. The Hall–Kier alpha value is -1.53. The molecular weight excluding hydrogens is 440 g/mol. The molecule has 2 fully saturated rings. The molecule has 2 aliphatic rings. The molecule has 0 atom stereocenters. The summed E-state index contributed by atoms with van der Waals surface area (Å²) in [4.78, 5) is 11.3. The van der Waals surface area contributed by atoms with Gasteiger partial charge in [-0.05, 0) is 37.1 Å². The summed E-state index contributed by atoms with van der Waals surface area (Å²) < 4.78 is 55.4. The predicted octanol–water partition coefficient (Wildman–Crippen LogP) is 1.20. The zero-order valence-electron chi connectivity index (χ0n) is 17.9. The lowest BCUT2D eigenvalue weighted by atomic mass is 9.95. The average Bonchev–Trinajstić information content (AvgIpc) is 2.75. The molecule has 1 saturated carbocycles. The summed E-state index contributed by atoms with van der Waals surface area (Å²) in [5.74, 6) is -0.468. The Morgan fingerprint density at radius 1 is 1.06 bits per heavy atom. The molecule has 3 rings (SSSR count). The summed E-state index contributed by atoms with van der Waals surface area (Å²) in [5.41, 5.74) is 0.511. The Morgan fingerprint density at radius 2 is 1.68 bits per heavy atom. The minimum Gasteiger partial charge on any atom is -0.326 e. The smallest absolute Gasteiger partial charge is 0.243 e. The largest absolute Gasteiger partial charge is 0.326 e. The second-order valence-corrected chi connectivity index (χ2v) is 12.1. The first-order chi connectivity index (χ1) is 14.7. The van der Waals surface area contributed by atoms with E-state index >= 15 is 0 Å². The lowest BCUT2D eigenvalue weighted by molar-refractivity contribution is -0.114. The normalized spacial score (nSPS) is 19.4. The zero-order chi connectivity index (χ0) is 22.5. The van der Waals surface area contributed by atoms with Crippen molar-refractivity contribution in [1.82, 2.24) is 13.9 Å². The van der Waals surface area contributed by atoms with Crippen LogP contribution in [-0.4, -0.2) is 75.9 Å². The summed E-state index contributed by atoms with van der Waals surface area (Å²) in [5, 5.41) is 5.75. The maximum atomic E-state index is 13.5. The summed E-state index contributed by atoms with van der Waals surface area (Å²) in [6.07, 6.45) is 4.40. The SMILES string of the molecule is CC(=O)Nc1ccc(S(=O)(=O)N(CCS(=O)(=O)N2CCNCC2)C2CCCCC2)cc1. The van der Waals surface area contributed by atoms with Gasteiger partial charge in [0.15, 0.2) is 0 Å². The fourth-order valence-corrected chi connectivity index (χ4v) is 7.40. The highest BCUT2D eigenvalue weighted by Crippen LogP contribution is 2.28. The Kier molecular flexibility index (Phi) is 8.08. The maximum Gasteiger partial charge on any atom is 0.243 e.